The normalized spacial score (nSPS) is 16.1. The highest BCUT2D eigenvalue weighted by molar-refractivity contribution is 7.86. The van der Waals surface area contributed by atoms with Gasteiger partial charge in [-0.15, -0.1) is 3.89 Å². The Morgan fingerprint density at radius 1 is 1.31 bits per heavy atom. The summed E-state index contributed by atoms with van der Waals surface area (Å²) in [4.78, 5) is 12.5. The smallest absolute Gasteiger partial charge is 0.315 e. The van der Waals surface area contributed by atoms with E-state index < -0.39 is 10.2 Å². The van der Waals surface area contributed by atoms with Crippen LogP contribution < -0.4 is 4.90 Å². The quantitative estimate of drug-likeness (QED) is 0.698. The van der Waals surface area contributed by atoms with E-state index >= 15 is 0 Å². The number of nitrogens with zero attached hydrogens (tertiary/aromatic N) is 1. The molecular formula is C10H10FNO3S. The molecule has 0 fully saturated rings. The second-order valence-electron chi connectivity index (χ2n) is 3.68. The number of fused-ring (bicyclic) bond motifs is 1. The van der Waals surface area contributed by atoms with E-state index in [1.807, 2.05) is 0 Å². The zero-order valence-electron chi connectivity index (χ0n) is 8.60. The lowest BCUT2D eigenvalue weighted by Crippen LogP contribution is -2.31. The minimum Gasteiger partial charge on any atom is -0.315 e. The van der Waals surface area contributed by atoms with Gasteiger partial charge in [0.15, 0.2) is 0 Å². The van der Waals surface area contributed by atoms with Crippen LogP contribution in [0.25, 0.3) is 0 Å². The molecule has 1 heterocycles. The summed E-state index contributed by atoms with van der Waals surface area (Å²) in [7, 11) is -3.06. The summed E-state index contributed by atoms with van der Waals surface area (Å²) in [5.74, 6) is -0.0247. The van der Waals surface area contributed by atoms with Crippen LogP contribution in [-0.2, 0) is 21.4 Å². The van der Waals surface area contributed by atoms with Gasteiger partial charge in [-0.05, 0) is 30.2 Å². The molecule has 1 aromatic rings. The summed E-state index contributed by atoms with van der Waals surface area (Å²) in [6.45, 7) is 0. The van der Waals surface area contributed by atoms with Crippen molar-refractivity contribution in [3.8, 4) is 0 Å². The number of anilines is 1. The molecule has 4 nitrogen and oxygen atoms in total. The molecule has 0 N–H and O–H groups in total. The van der Waals surface area contributed by atoms with Crippen molar-refractivity contribution in [3.63, 3.8) is 0 Å². The zero-order valence-corrected chi connectivity index (χ0v) is 9.42. The van der Waals surface area contributed by atoms with Crippen LogP contribution in [0.15, 0.2) is 23.1 Å². The van der Waals surface area contributed by atoms with E-state index in [0.717, 1.165) is 0 Å². The first-order valence-electron chi connectivity index (χ1n) is 4.74. The van der Waals surface area contributed by atoms with Gasteiger partial charge in [0.25, 0.3) is 0 Å². The summed E-state index contributed by atoms with van der Waals surface area (Å²) in [6.07, 6.45) is 0.765. The monoisotopic (exact) mass is 243 g/mol. The minimum atomic E-state index is -4.67. The number of aryl methyl sites for hydroxylation is 1. The predicted octanol–water partition coefficient (Wildman–Crippen LogP) is 1.25. The molecule has 1 aliphatic rings. The summed E-state index contributed by atoms with van der Waals surface area (Å²) < 4.78 is 34.2. The molecule has 0 unspecified atom stereocenters. The SMILES string of the molecule is CN1C(=O)CCc2cc(S(=O)(=O)F)ccc21. The molecule has 0 radical (unpaired) electrons. The predicted molar refractivity (Wildman–Crippen MR) is 56.5 cm³/mol. The maximum Gasteiger partial charge on any atom is 0.332 e. The van der Waals surface area contributed by atoms with Gasteiger partial charge < -0.3 is 4.90 Å². The number of halogens is 1. The molecule has 0 aliphatic carbocycles. The van der Waals surface area contributed by atoms with Crippen LogP contribution in [0, 0.1) is 0 Å². The number of carbonyl (C=O) groups excluding carboxylic acids is 1. The number of benzene rings is 1. The van der Waals surface area contributed by atoms with Crippen LogP contribution in [0.5, 0.6) is 0 Å². The van der Waals surface area contributed by atoms with Gasteiger partial charge in [0.2, 0.25) is 5.91 Å². The molecule has 16 heavy (non-hydrogen) atoms. The maximum atomic E-state index is 12.8. The molecule has 1 amide bonds. The topological polar surface area (TPSA) is 54.5 Å². The standard InChI is InChI=1S/C10H10FNO3S/c1-12-9-4-3-8(16(11,14)15)6-7(9)2-5-10(12)13/h3-4,6H,2,5H2,1H3. The second kappa shape index (κ2) is 3.55. The van der Waals surface area contributed by atoms with Crippen molar-refractivity contribution >= 4 is 21.8 Å². The van der Waals surface area contributed by atoms with Gasteiger partial charge in [0.1, 0.15) is 0 Å². The fourth-order valence-electron chi connectivity index (χ4n) is 1.78. The molecule has 0 saturated carbocycles. The average molecular weight is 243 g/mol. The van der Waals surface area contributed by atoms with Crippen LogP contribution in [0.3, 0.4) is 0 Å². The molecule has 86 valence electrons. The second-order valence-corrected chi connectivity index (χ2v) is 5.03. The first kappa shape index (κ1) is 11.1. The lowest BCUT2D eigenvalue weighted by molar-refractivity contribution is -0.118. The Balaban J connectivity index is 2.53. The highest BCUT2D eigenvalue weighted by Gasteiger charge is 2.23. The Hall–Kier alpha value is -1.43. The molecular weight excluding hydrogens is 233 g/mol. The molecule has 0 bridgehead atoms. The highest BCUT2D eigenvalue weighted by Crippen LogP contribution is 2.29. The van der Waals surface area contributed by atoms with Gasteiger partial charge in [-0.2, -0.15) is 8.42 Å². The fraction of sp³-hybridized carbons (Fsp3) is 0.300. The molecule has 1 aromatic carbocycles. The molecule has 1 aliphatic heterocycles. The number of rotatable bonds is 1. The lowest BCUT2D eigenvalue weighted by atomic mass is 10.0. The summed E-state index contributed by atoms with van der Waals surface area (Å²) in [5.41, 5.74) is 1.32. The minimum absolute atomic E-state index is 0.0247. The third-order valence-electron chi connectivity index (χ3n) is 2.68. The number of hydrogen-bond donors (Lipinski definition) is 0. The van der Waals surface area contributed by atoms with Crippen molar-refractivity contribution in [2.24, 2.45) is 0 Å². The third kappa shape index (κ3) is 1.80. The van der Waals surface area contributed by atoms with Crippen molar-refractivity contribution in [2.75, 3.05) is 11.9 Å². The van der Waals surface area contributed by atoms with Crippen molar-refractivity contribution in [3.05, 3.63) is 23.8 Å². The van der Waals surface area contributed by atoms with E-state index in [0.29, 0.717) is 24.1 Å². The Kier molecular flexibility index (Phi) is 2.46. The number of hydrogen-bond acceptors (Lipinski definition) is 3. The van der Waals surface area contributed by atoms with Gasteiger partial charge >= 0.3 is 10.2 Å². The fourth-order valence-corrected chi connectivity index (χ4v) is 2.30. The molecule has 0 spiro atoms. The Morgan fingerprint density at radius 3 is 2.62 bits per heavy atom. The molecule has 0 atom stereocenters. The highest BCUT2D eigenvalue weighted by atomic mass is 32.3. The van der Waals surface area contributed by atoms with E-state index in [1.165, 1.54) is 23.1 Å². The van der Waals surface area contributed by atoms with Crippen LogP contribution in [0.1, 0.15) is 12.0 Å². The van der Waals surface area contributed by atoms with Gasteiger partial charge in [-0.3, -0.25) is 4.79 Å². The van der Waals surface area contributed by atoms with Gasteiger partial charge in [-0.1, -0.05) is 0 Å². The molecule has 2 rings (SSSR count). The molecule has 0 aromatic heterocycles. The lowest BCUT2D eigenvalue weighted by Gasteiger charge is -2.25. The van der Waals surface area contributed by atoms with Crippen molar-refractivity contribution in [1.82, 2.24) is 0 Å². The van der Waals surface area contributed by atoms with Crippen LogP contribution in [0.4, 0.5) is 9.57 Å². The number of carbonyl (C=O) groups is 1. The Morgan fingerprint density at radius 2 is 2.00 bits per heavy atom. The molecule has 0 saturated heterocycles. The summed E-state index contributed by atoms with van der Waals surface area (Å²) >= 11 is 0. The first-order chi connectivity index (χ1) is 7.39. The van der Waals surface area contributed by atoms with Gasteiger partial charge in [-0.25, -0.2) is 0 Å². The van der Waals surface area contributed by atoms with Crippen molar-refractivity contribution < 1.29 is 17.1 Å². The average Bonchev–Trinajstić information content (AvgIpc) is 2.22. The first-order valence-corrected chi connectivity index (χ1v) is 6.12. The number of amides is 1. The third-order valence-corrected chi connectivity index (χ3v) is 3.49. The largest absolute Gasteiger partial charge is 0.332 e. The van der Waals surface area contributed by atoms with Gasteiger partial charge in [0, 0.05) is 19.2 Å². The van der Waals surface area contributed by atoms with Crippen LogP contribution in [0.2, 0.25) is 0 Å². The van der Waals surface area contributed by atoms with Crippen LogP contribution in [-0.4, -0.2) is 21.4 Å². The zero-order chi connectivity index (χ0) is 11.9. The Bertz CT molecular complexity index is 553. The van der Waals surface area contributed by atoms with E-state index in [-0.39, 0.29) is 10.8 Å². The van der Waals surface area contributed by atoms with Crippen LogP contribution >= 0.6 is 0 Å². The van der Waals surface area contributed by atoms with E-state index in [1.54, 1.807) is 7.05 Å². The van der Waals surface area contributed by atoms with Crippen molar-refractivity contribution in [2.45, 2.75) is 17.7 Å². The van der Waals surface area contributed by atoms with E-state index in [9.17, 15) is 17.1 Å². The maximum absolute atomic E-state index is 12.8. The summed E-state index contributed by atoms with van der Waals surface area (Å²) in [6, 6.07) is 3.91. The molecule has 6 heteroatoms. The Labute approximate surface area is 92.9 Å². The summed E-state index contributed by atoms with van der Waals surface area (Å²) in [5, 5.41) is 0. The van der Waals surface area contributed by atoms with E-state index in [2.05, 4.69) is 0 Å². The van der Waals surface area contributed by atoms with Gasteiger partial charge in [0.05, 0.1) is 4.90 Å². The van der Waals surface area contributed by atoms with E-state index in [4.69, 9.17) is 0 Å². The van der Waals surface area contributed by atoms with Crippen molar-refractivity contribution in [1.29, 1.82) is 0 Å².